The molecular weight excluding hydrogens is 509 g/mol. The first kappa shape index (κ1) is 36.4. The van der Waals surface area contributed by atoms with E-state index in [-0.39, 0.29) is 6.10 Å². The highest BCUT2D eigenvalue weighted by Crippen LogP contribution is 2.33. The van der Waals surface area contributed by atoms with Crippen molar-refractivity contribution < 1.29 is 27.9 Å². The van der Waals surface area contributed by atoms with E-state index in [1.165, 1.54) is 83.5 Å². The van der Waals surface area contributed by atoms with Gasteiger partial charge >= 0.3 is 8.60 Å². The van der Waals surface area contributed by atoms with Crippen LogP contribution in [0.25, 0.3) is 0 Å². The van der Waals surface area contributed by atoms with Gasteiger partial charge < -0.3 is 27.9 Å². The fraction of sp³-hybridized carbons (Fsp3) is 0.812. The van der Waals surface area contributed by atoms with Gasteiger partial charge in [-0.2, -0.15) is 0 Å². The summed E-state index contributed by atoms with van der Waals surface area (Å²) in [5.74, 6) is 0. The highest BCUT2D eigenvalue weighted by Gasteiger charge is 2.16. The van der Waals surface area contributed by atoms with Crippen molar-refractivity contribution in [1.29, 1.82) is 0 Å². The molecule has 0 aliphatic rings. The van der Waals surface area contributed by atoms with Gasteiger partial charge in [0, 0.05) is 13.2 Å². The highest BCUT2D eigenvalue weighted by atomic mass is 31.2. The molecular formula is C32H61NO5P+. The summed E-state index contributed by atoms with van der Waals surface area (Å²) in [5, 5.41) is 0. The van der Waals surface area contributed by atoms with Crippen LogP contribution >= 0.6 is 8.60 Å². The molecule has 1 rings (SSSR count). The summed E-state index contributed by atoms with van der Waals surface area (Å²) in [6.45, 7) is 5.79. The fourth-order valence-corrected chi connectivity index (χ4v) is 4.90. The van der Waals surface area contributed by atoms with E-state index in [0.717, 1.165) is 36.0 Å². The van der Waals surface area contributed by atoms with Crippen molar-refractivity contribution in [2.24, 2.45) is 0 Å². The van der Waals surface area contributed by atoms with E-state index < -0.39 is 8.60 Å². The van der Waals surface area contributed by atoms with Crippen molar-refractivity contribution in [3.8, 4) is 0 Å². The summed E-state index contributed by atoms with van der Waals surface area (Å²) in [4.78, 5) is 10.1. The van der Waals surface area contributed by atoms with Crippen molar-refractivity contribution in [3.05, 3.63) is 35.9 Å². The van der Waals surface area contributed by atoms with Gasteiger partial charge in [0.25, 0.3) is 0 Å². The number of quaternary nitrogens is 1. The molecule has 0 aliphatic heterocycles. The monoisotopic (exact) mass is 570 g/mol. The van der Waals surface area contributed by atoms with Crippen molar-refractivity contribution in [3.63, 3.8) is 0 Å². The number of hydrogen-bond donors (Lipinski definition) is 1. The summed E-state index contributed by atoms with van der Waals surface area (Å²) in [5.41, 5.74) is 1.12. The van der Waals surface area contributed by atoms with Crippen LogP contribution in [-0.2, 0) is 25.1 Å². The Labute approximate surface area is 242 Å². The Morgan fingerprint density at radius 3 is 1.85 bits per heavy atom. The molecule has 0 fully saturated rings. The summed E-state index contributed by atoms with van der Waals surface area (Å²) in [6.07, 6.45) is 19.7. The van der Waals surface area contributed by atoms with Crippen LogP contribution in [0.2, 0.25) is 0 Å². The largest absolute Gasteiger partial charge is 0.381 e. The molecule has 0 spiro atoms. The van der Waals surface area contributed by atoms with Crippen molar-refractivity contribution >= 4 is 8.60 Å². The Morgan fingerprint density at radius 2 is 1.28 bits per heavy atom. The second kappa shape index (κ2) is 25.1. The molecule has 0 amide bonds. The lowest BCUT2D eigenvalue weighted by molar-refractivity contribution is -0.870. The summed E-state index contributed by atoms with van der Waals surface area (Å²) in [6, 6.07) is 10.1. The number of likely N-dealkylation sites (N-methyl/N-ethyl adjacent to an activating group) is 1. The Balaban J connectivity index is 2.09. The number of benzene rings is 1. The zero-order valence-electron chi connectivity index (χ0n) is 25.8. The molecule has 1 aromatic carbocycles. The predicted molar refractivity (Wildman–Crippen MR) is 165 cm³/mol. The Bertz CT molecular complexity index is 643. The number of hydrogen-bond acceptors (Lipinski definition) is 5. The molecule has 0 saturated heterocycles. The molecule has 0 saturated carbocycles. The zero-order valence-corrected chi connectivity index (χ0v) is 26.7. The summed E-state index contributed by atoms with van der Waals surface area (Å²) >= 11 is 0. The lowest BCUT2D eigenvalue weighted by atomic mass is 10.0. The molecule has 0 aliphatic carbocycles. The maximum Gasteiger partial charge on any atom is 0.330 e. The lowest BCUT2D eigenvalue weighted by Gasteiger charge is -2.24. The summed E-state index contributed by atoms with van der Waals surface area (Å²) < 4.78 is 23.9. The van der Waals surface area contributed by atoms with E-state index in [0.29, 0.717) is 26.4 Å². The molecule has 1 N–H and O–H groups in total. The number of unbranched alkanes of at least 4 members (excludes halogenated alkanes) is 13. The van der Waals surface area contributed by atoms with Crippen LogP contribution in [0.1, 0.15) is 109 Å². The topological polar surface area (TPSA) is 57.2 Å². The molecule has 0 aromatic heterocycles. The Hall–Kier alpha value is -0.590. The number of nitrogens with zero attached hydrogens (tertiary/aromatic N) is 1. The lowest BCUT2D eigenvalue weighted by Crippen LogP contribution is -2.37. The van der Waals surface area contributed by atoms with Gasteiger partial charge in [0.1, 0.15) is 13.2 Å². The third kappa shape index (κ3) is 24.9. The molecule has 39 heavy (non-hydrogen) atoms. The smallest absolute Gasteiger partial charge is 0.330 e. The van der Waals surface area contributed by atoms with Gasteiger partial charge in [-0.25, -0.2) is 0 Å². The molecule has 228 valence electrons. The molecule has 6 nitrogen and oxygen atoms in total. The predicted octanol–water partition coefficient (Wildman–Crippen LogP) is 8.42. The Morgan fingerprint density at radius 1 is 0.718 bits per heavy atom. The van der Waals surface area contributed by atoms with E-state index in [4.69, 9.17) is 18.5 Å². The van der Waals surface area contributed by atoms with E-state index in [9.17, 15) is 4.89 Å². The number of rotatable bonds is 28. The van der Waals surface area contributed by atoms with Gasteiger partial charge in [0.15, 0.2) is 0 Å². The van der Waals surface area contributed by atoms with Gasteiger partial charge in [0.2, 0.25) is 0 Å². The summed E-state index contributed by atoms with van der Waals surface area (Å²) in [7, 11) is 4.38. The number of ether oxygens (including phenoxy) is 2. The normalized spacial score (nSPS) is 13.6. The van der Waals surface area contributed by atoms with Gasteiger partial charge in [-0.3, -0.25) is 0 Å². The second-order valence-corrected chi connectivity index (χ2v) is 12.8. The average Bonchev–Trinajstić information content (AvgIpc) is 2.91. The van der Waals surface area contributed by atoms with Crippen molar-refractivity contribution in [2.75, 3.05) is 54.1 Å². The second-order valence-electron chi connectivity index (χ2n) is 11.8. The van der Waals surface area contributed by atoms with E-state index in [1.807, 2.05) is 18.2 Å². The van der Waals surface area contributed by atoms with Crippen LogP contribution in [0, 0.1) is 0 Å². The first-order valence-corrected chi connectivity index (χ1v) is 16.8. The minimum absolute atomic E-state index is 0.152. The van der Waals surface area contributed by atoms with Gasteiger partial charge in [-0.15, -0.1) is 0 Å². The third-order valence-corrected chi connectivity index (χ3v) is 7.66. The molecule has 2 atom stereocenters. The standard InChI is InChI=1S/C32H61NO5P/c1-5-6-7-8-9-10-11-12-13-14-15-16-17-21-26-35-27-24-32(36-29-31-22-19-18-20-23-31)30-38-39(34)37-28-25-33(2,3)4/h18-20,22-23,32,34H,5-17,21,24-30H2,1-4H3/q+1. The van der Waals surface area contributed by atoms with Gasteiger partial charge in [-0.05, 0) is 18.4 Å². The van der Waals surface area contributed by atoms with Crippen LogP contribution in [-0.4, -0.2) is 69.6 Å². The average molecular weight is 571 g/mol. The van der Waals surface area contributed by atoms with Crippen molar-refractivity contribution in [1.82, 2.24) is 0 Å². The van der Waals surface area contributed by atoms with Crippen LogP contribution in [0.3, 0.4) is 0 Å². The molecule has 0 heterocycles. The molecule has 2 unspecified atom stereocenters. The first-order chi connectivity index (χ1) is 18.9. The minimum Gasteiger partial charge on any atom is -0.381 e. The van der Waals surface area contributed by atoms with E-state index >= 15 is 0 Å². The minimum atomic E-state index is -1.90. The quantitative estimate of drug-likeness (QED) is 0.0623. The highest BCUT2D eigenvalue weighted by molar-refractivity contribution is 7.40. The zero-order chi connectivity index (χ0) is 28.4. The maximum atomic E-state index is 10.1. The molecule has 7 heteroatoms. The van der Waals surface area contributed by atoms with Gasteiger partial charge in [0.05, 0.1) is 40.5 Å². The Kier molecular flexibility index (Phi) is 23.5. The molecule has 0 radical (unpaired) electrons. The van der Waals surface area contributed by atoms with Crippen LogP contribution < -0.4 is 0 Å². The maximum absolute atomic E-state index is 10.1. The van der Waals surface area contributed by atoms with Crippen LogP contribution in [0.15, 0.2) is 30.3 Å². The molecule has 0 bridgehead atoms. The molecule has 1 aromatic rings. The van der Waals surface area contributed by atoms with E-state index in [2.05, 4.69) is 40.2 Å². The fourth-order valence-electron chi connectivity index (χ4n) is 4.30. The first-order valence-electron chi connectivity index (χ1n) is 15.7. The van der Waals surface area contributed by atoms with Gasteiger partial charge in [-0.1, -0.05) is 121 Å². The van der Waals surface area contributed by atoms with Crippen molar-refractivity contribution in [2.45, 2.75) is 116 Å². The van der Waals surface area contributed by atoms with E-state index in [1.54, 1.807) is 0 Å². The SMILES string of the molecule is CCCCCCCCCCCCCCCCOCCC(COP(O)OCC[N+](C)(C)C)OCc1ccccc1. The van der Waals surface area contributed by atoms with Crippen LogP contribution in [0.4, 0.5) is 0 Å². The van der Waals surface area contributed by atoms with Crippen LogP contribution in [0.5, 0.6) is 0 Å². The third-order valence-electron chi connectivity index (χ3n) is 6.89.